The molecule has 2 N–H and O–H groups in total. The van der Waals surface area contributed by atoms with Crippen molar-refractivity contribution >= 4 is 17.4 Å². The Hall–Kier alpha value is -2.89. The topological polar surface area (TPSA) is 84.3 Å². The summed E-state index contributed by atoms with van der Waals surface area (Å²) in [4.78, 5) is 21.8. The molecule has 6 heteroatoms. The van der Waals surface area contributed by atoms with Crippen LogP contribution in [0.25, 0.3) is 0 Å². The van der Waals surface area contributed by atoms with E-state index >= 15 is 0 Å². The number of aryl methyl sites for hydroxylation is 1. The van der Waals surface area contributed by atoms with Crippen molar-refractivity contribution in [3.63, 3.8) is 0 Å². The number of nitro groups is 1. The van der Waals surface area contributed by atoms with Crippen LogP contribution in [0.5, 0.6) is 0 Å². The summed E-state index contributed by atoms with van der Waals surface area (Å²) in [5.74, 6) is 0. The average Bonchev–Trinajstić information content (AvgIpc) is 2.48. The van der Waals surface area contributed by atoms with Crippen LogP contribution in [0, 0.1) is 17.0 Å². The van der Waals surface area contributed by atoms with E-state index in [9.17, 15) is 14.9 Å². The van der Waals surface area contributed by atoms with Crippen molar-refractivity contribution in [2.24, 2.45) is 0 Å². The quantitative estimate of drug-likeness (QED) is 0.656. The lowest BCUT2D eigenvalue weighted by atomic mass is 10.1. The van der Waals surface area contributed by atoms with Gasteiger partial charge in [-0.2, -0.15) is 0 Å². The number of carbonyl (C=O) groups excluding carboxylic acids is 1. The summed E-state index contributed by atoms with van der Waals surface area (Å²) >= 11 is 0. The van der Waals surface area contributed by atoms with Gasteiger partial charge in [0, 0.05) is 24.4 Å². The Balaban J connectivity index is 1.79. The van der Waals surface area contributed by atoms with Gasteiger partial charge in [-0.3, -0.25) is 10.1 Å². The third-order valence-electron chi connectivity index (χ3n) is 3.12. The van der Waals surface area contributed by atoms with Crippen LogP contribution in [-0.4, -0.2) is 17.5 Å². The van der Waals surface area contributed by atoms with Crippen LogP contribution in [0.2, 0.25) is 0 Å². The predicted octanol–water partition coefficient (Wildman–Crippen LogP) is 3.27. The van der Waals surface area contributed by atoms with Gasteiger partial charge in [0.15, 0.2) is 0 Å². The first-order valence-corrected chi connectivity index (χ1v) is 6.89. The highest BCUT2D eigenvalue weighted by molar-refractivity contribution is 5.89. The molecule has 0 bridgehead atoms. The van der Waals surface area contributed by atoms with Crippen molar-refractivity contribution in [2.45, 2.75) is 13.3 Å². The van der Waals surface area contributed by atoms with Crippen LogP contribution >= 0.6 is 0 Å². The molecule has 2 aromatic rings. The lowest BCUT2D eigenvalue weighted by Crippen LogP contribution is -2.30. The Labute approximate surface area is 128 Å². The predicted molar refractivity (Wildman–Crippen MR) is 85.0 cm³/mol. The van der Waals surface area contributed by atoms with Crippen molar-refractivity contribution in [3.8, 4) is 0 Å². The zero-order valence-corrected chi connectivity index (χ0v) is 12.2. The number of non-ortho nitro benzene ring substituents is 1. The van der Waals surface area contributed by atoms with E-state index in [0.717, 1.165) is 12.0 Å². The molecule has 22 heavy (non-hydrogen) atoms. The van der Waals surface area contributed by atoms with E-state index in [2.05, 4.69) is 16.7 Å². The minimum Gasteiger partial charge on any atom is -0.338 e. The van der Waals surface area contributed by atoms with Crippen LogP contribution in [0.3, 0.4) is 0 Å². The molecule has 0 fully saturated rings. The molecule has 0 heterocycles. The fraction of sp³-hybridized carbons (Fsp3) is 0.188. The number of urea groups is 1. The van der Waals surface area contributed by atoms with Crippen molar-refractivity contribution in [3.05, 3.63) is 69.8 Å². The lowest BCUT2D eigenvalue weighted by molar-refractivity contribution is -0.384. The first-order chi connectivity index (χ1) is 10.5. The molecule has 0 aliphatic carbocycles. The second kappa shape index (κ2) is 7.21. The number of carbonyl (C=O) groups is 1. The highest BCUT2D eigenvalue weighted by Crippen LogP contribution is 2.15. The maximum Gasteiger partial charge on any atom is 0.319 e. The van der Waals surface area contributed by atoms with Crippen molar-refractivity contribution in [1.82, 2.24) is 5.32 Å². The summed E-state index contributed by atoms with van der Waals surface area (Å²) in [6, 6.07) is 13.5. The number of rotatable bonds is 5. The van der Waals surface area contributed by atoms with Gasteiger partial charge in [-0.15, -0.1) is 0 Å². The van der Waals surface area contributed by atoms with Crippen molar-refractivity contribution in [1.29, 1.82) is 0 Å². The third kappa shape index (κ3) is 4.59. The fourth-order valence-corrected chi connectivity index (χ4v) is 2.03. The molecule has 0 aliphatic rings. The number of amides is 2. The van der Waals surface area contributed by atoms with Crippen LogP contribution < -0.4 is 10.6 Å². The Morgan fingerprint density at radius 2 is 1.91 bits per heavy atom. The molecule has 6 nitrogen and oxygen atoms in total. The number of nitrogens with one attached hydrogen (secondary N) is 2. The first-order valence-electron chi connectivity index (χ1n) is 6.89. The number of hydrogen-bond donors (Lipinski definition) is 2. The molecule has 0 radical (unpaired) electrons. The van der Waals surface area contributed by atoms with E-state index in [1.807, 2.05) is 25.1 Å². The van der Waals surface area contributed by atoms with Gasteiger partial charge in [-0.05, 0) is 31.0 Å². The number of benzene rings is 2. The fourth-order valence-electron chi connectivity index (χ4n) is 2.03. The minimum absolute atomic E-state index is 0.00888. The smallest absolute Gasteiger partial charge is 0.319 e. The van der Waals surface area contributed by atoms with Gasteiger partial charge in [-0.25, -0.2) is 4.79 Å². The van der Waals surface area contributed by atoms with Gasteiger partial charge < -0.3 is 10.6 Å². The van der Waals surface area contributed by atoms with Gasteiger partial charge >= 0.3 is 6.03 Å². The molecule has 0 unspecified atom stereocenters. The summed E-state index contributed by atoms with van der Waals surface area (Å²) in [5.41, 5.74) is 2.85. The number of nitro benzene ring substituents is 1. The number of nitrogens with zero attached hydrogens (tertiary/aromatic N) is 1. The molecular formula is C16H17N3O3. The molecule has 0 saturated carbocycles. The highest BCUT2D eigenvalue weighted by Gasteiger charge is 2.06. The molecule has 0 saturated heterocycles. The highest BCUT2D eigenvalue weighted by atomic mass is 16.6. The first kappa shape index (κ1) is 15.5. The van der Waals surface area contributed by atoms with Crippen molar-refractivity contribution < 1.29 is 9.72 Å². The van der Waals surface area contributed by atoms with Crippen LogP contribution in [0.15, 0.2) is 48.5 Å². The van der Waals surface area contributed by atoms with Crippen LogP contribution in [0.1, 0.15) is 11.1 Å². The standard InChI is InChI=1S/C16H17N3O3/c1-12-3-2-4-13(11-12)9-10-17-16(20)18-14-5-7-15(8-6-14)19(21)22/h2-8,11H,9-10H2,1H3,(H2,17,18,20). The normalized spacial score (nSPS) is 10.0. The summed E-state index contributed by atoms with van der Waals surface area (Å²) < 4.78 is 0. The maximum atomic E-state index is 11.7. The third-order valence-corrected chi connectivity index (χ3v) is 3.12. The summed E-state index contributed by atoms with van der Waals surface area (Å²) in [6.45, 7) is 2.54. The summed E-state index contributed by atoms with van der Waals surface area (Å²) in [7, 11) is 0. The molecule has 114 valence electrons. The molecule has 0 aliphatic heterocycles. The molecule has 2 amide bonds. The van der Waals surface area contributed by atoms with Gasteiger partial charge in [0.05, 0.1) is 4.92 Å². The molecule has 2 aromatic carbocycles. The average molecular weight is 299 g/mol. The Morgan fingerprint density at radius 3 is 2.55 bits per heavy atom. The number of anilines is 1. The van der Waals surface area contributed by atoms with E-state index in [-0.39, 0.29) is 11.7 Å². The van der Waals surface area contributed by atoms with Gasteiger partial charge in [-0.1, -0.05) is 29.8 Å². The maximum absolute atomic E-state index is 11.7. The van der Waals surface area contributed by atoms with Gasteiger partial charge in [0.1, 0.15) is 0 Å². The van der Waals surface area contributed by atoms with E-state index < -0.39 is 4.92 Å². The van der Waals surface area contributed by atoms with E-state index in [1.54, 1.807) is 0 Å². The largest absolute Gasteiger partial charge is 0.338 e. The SMILES string of the molecule is Cc1cccc(CCNC(=O)Nc2ccc([N+](=O)[O-])cc2)c1. The zero-order chi connectivity index (χ0) is 15.9. The Kier molecular flexibility index (Phi) is 5.08. The van der Waals surface area contributed by atoms with Crippen LogP contribution in [0.4, 0.5) is 16.2 Å². The lowest BCUT2D eigenvalue weighted by Gasteiger charge is -2.08. The van der Waals surface area contributed by atoms with Gasteiger partial charge in [0.2, 0.25) is 0 Å². The Morgan fingerprint density at radius 1 is 1.18 bits per heavy atom. The minimum atomic E-state index is -0.480. The van der Waals surface area contributed by atoms with E-state index in [4.69, 9.17) is 0 Å². The molecule has 0 atom stereocenters. The van der Waals surface area contributed by atoms with E-state index in [0.29, 0.717) is 12.2 Å². The van der Waals surface area contributed by atoms with Crippen molar-refractivity contribution in [2.75, 3.05) is 11.9 Å². The van der Waals surface area contributed by atoms with E-state index in [1.165, 1.54) is 29.8 Å². The summed E-state index contributed by atoms with van der Waals surface area (Å²) in [6.07, 6.45) is 0.745. The summed E-state index contributed by atoms with van der Waals surface area (Å²) in [5, 5.41) is 15.9. The second-order valence-corrected chi connectivity index (χ2v) is 4.92. The molecular weight excluding hydrogens is 282 g/mol. The van der Waals surface area contributed by atoms with Gasteiger partial charge in [0.25, 0.3) is 5.69 Å². The molecule has 0 aromatic heterocycles. The number of hydrogen-bond acceptors (Lipinski definition) is 3. The zero-order valence-electron chi connectivity index (χ0n) is 12.2. The van der Waals surface area contributed by atoms with Crippen LogP contribution in [-0.2, 0) is 6.42 Å². The molecule has 0 spiro atoms. The Bertz CT molecular complexity index is 669. The monoisotopic (exact) mass is 299 g/mol. The second-order valence-electron chi connectivity index (χ2n) is 4.92. The molecule has 2 rings (SSSR count).